The first kappa shape index (κ1) is 28.1. The fourth-order valence-electron chi connectivity index (χ4n) is 4.54. The Kier molecular flexibility index (Phi) is 9.27. The Morgan fingerprint density at radius 3 is 2.54 bits per heavy atom. The van der Waals surface area contributed by atoms with Crippen LogP contribution in [0.25, 0.3) is 22.4 Å². The van der Waals surface area contributed by atoms with Gasteiger partial charge in [-0.3, -0.25) is 4.99 Å². The third kappa shape index (κ3) is 8.02. The largest absolute Gasteiger partial charge is 0.383 e. The lowest BCUT2D eigenvalue weighted by molar-refractivity contribution is 0.310. The van der Waals surface area contributed by atoms with Crippen molar-refractivity contribution >= 4 is 33.0 Å². The number of anilines is 1. The predicted molar refractivity (Wildman–Crippen MR) is 159 cm³/mol. The normalized spacial score (nSPS) is 18.4. The van der Waals surface area contributed by atoms with E-state index in [1.807, 2.05) is 62.6 Å². The zero-order valence-corrected chi connectivity index (χ0v) is 23.3. The highest BCUT2D eigenvalue weighted by Gasteiger charge is 2.32. The highest BCUT2D eigenvalue weighted by atomic mass is 32.2. The molecule has 0 saturated heterocycles. The van der Waals surface area contributed by atoms with Gasteiger partial charge in [-0.05, 0) is 55.0 Å². The van der Waals surface area contributed by atoms with E-state index in [-0.39, 0.29) is 17.7 Å². The summed E-state index contributed by atoms with van der Waals surface area (Å²) in [5, 5.41) is 3.59. The first-order chi connectivity index (χ1) is 17.5. The van der Waals surface area contributed by atoms with Gasteiger partial charge < -0.3 is 10.2 Å². The molecule has 0 radical (unpaired) electrons. The molecular formula is C30H38N4O2S. The molecule has 37 heavy (non-hydrogen) atoms. The fourth-order valence-corrected chi connectivity index (χ4v) is 5.67. The molecule has 196 valence electrons. The summed E-state index contributed by atoms with van der Waals surface area (Å²) in [5.74, 6) is 1.17. The summed E-state index contributed by atoms with van der Waals surface area (Å²) >= 11 is 0. The fraction of sp³-hybridized carbons (Fsp3) is 0.333. The van der Waals surface area contributed by atoms with Crippen LogP contribution < -0.4 is 5.32 Å². The summed E-state index contributed by atoms with van der Waals surface area (Å²) in [6.45, 7) is 9.95. The lowest BCUT2D eigenvalue weighted by Crippen LogP contribution is -2.39. The molecule has 0 bridgehead atoms. The summed E-state index contributed by atoms with van der Waals surface area (Å²) in [6.07, 6.45) is 10.6. The smallest absolute Gasteiger partial charge is 0.147 e. The molecular weight excluding hydrogens is 480 g/mol. The molecule has 6 nitrogen and oxygen atoms in total. The summed E-state index contributed by atoms with van der Waals surface area (Å²) in [4.78, 5) is 11.3. The van der Waals surface area contributed by atoms with Gasteiger partial charge in [0, 0.05) is 62.6 Å². The molecule has 1 fully saturated rings. The average molecular weight is 519 g/mol. The van der Waals surface area contributed by atoms with Gasteiger partial charge in [0.1, 0.15) is 15.7 Å². The van der Waals surface area contributed by atoms with Gasteiger partial charge in [0.15, 0.2) is 0 Å². The summed E-state index contributed by atoms with van der Waals surface area (Å²) in [7, 11) is 2.74. The number of nitrogens with one attached hydrogen (secondary N) is 1. The highest BCUT2D eigenvalue weighted by Crippen LogP contribution is 2.34. The molecule has 1 heterocycles. The Morgan fingerprint density at radius 1 is 1.22 bits per heavy atom. The maximum Gasteiger partial charge on any atom is 0.147 e. The highest BCUT2D eigenvalue weighted by molar-refractivity contribution is 7.90. The number of rotatable bonds is 11. The van der Waals surface area contributed by atoms with E-state index in [4.69, 9.17) is 4.98 Å². The van der Waals surface area contributed by atoms with E-state index in [1.54, 1.807) is 7.05 Å². The van der Waals surface area contributed by atoms with E-state index in [0.717, 1.165) is 57.8 Å². The second-order valence-electron chi connectivity index (χ2n) is 10.0. The van der Waals surface area contributed by atoms with Crippen LogP contribution in [0.1, 0.15) is 30.9 Å². The predicted octanol–water partition coefficient (Wildman–Crippen LogP) is 5.73. The topological polar surface area (TPSA) is 74.7 Å². The van der Waals surface area contributed by atoms with Crippen molar-refractivity contribution < 1.29 is 8.42 Å². The van der Waals surface area contributed by atoms with E-state index >= 15 is 0 Å². The van der Waals surface area contributed by atoms with Gasteiger partial charge in [0.2, 0.25) is 0 Å². The number of aromatic nitrogens is 1. The Morgan fingerprint density at radius 2 is 1.95 bits per heavy atom. The lowest BCUT2D eigenvalue weighted by atomic mass is 9.81. The van der Waals surface area contributed by atoms with E-state index in [9.17, 15) is 8.42 Å². The first-order valence-corrected chi connectivity index (χ1v) is 14.4. The standard InChI is InChI=1S/C30H38N4O2S/c1-8-23(19-34(5)6)24-10-9-11-25(17-24)29-13-12-28(26(18-31-4)14-21(2)3)30(33-29)32-27-15-22(16-27)20-37(7,35)36/h8-14,17-19,22,27H,1-2,15-16,20H2,3-7H3,(H,32,33)/b23-19+,26-14+,31-18-/t22-,27+. The number of benzene rings is 1. The molecule has 0 atom stereocenters. The van der Waals surface area contributed by atoms with Gasteiger partial charge in [-0.25, -0.2) is 13.4 Å². The van der Waals surface area contributed by atoms with Crippen molar-refractivity contribution in [3.8, 4) is 11.3 Å². The molecule has 0 unspecified atom stereocenters. The first-order valence-electron chi connectivity index (χ1n) is 12.4. The number of aliphatic imine (C=N–C) groups is 1. The van der Waals surface area contributed by atoms with E-state index in [1.165, 1.54) is 6.26 Å². The molecule has 1 N–H and O–H groups in total. The number of hydrogen-bond acceptors (Lipinski definition) is 6. The van der Waals surface area contributed by atoms with Crippen molar-refractivity contribution in [2.75, 3.05) is 38.5 Å². The average Bonchev–Trinajstić information content (AvgIpc) is 2.79. The zero-order valence-electron chi connectivity index (χ0n) is 22.5. The van der Waals surface area contributed by atoms with Gasteiger partial charge in [-0.1, -0.05) is 49.1 Å². The van der Waals surface area contributed by atoms with Crippen LogP contribution in [0, 0.1) is 5.92 Å². The molecule has 3 rings (SSSR count). The monoisotopic (exact) mass is 518 g/mol. The number of nitrogens with zero attached hydrogens (tertiary/aromatic N) is 3. The number of allylic oxidation sites excluding steroid dienone is 5. The van der Waals surface area contributed by atoms with Crippen LogP contribution in [0.3, 0.4) is 0 Å². The molecule has 0 aliphatic heterocycles. The Hall–Kier alpha value is -3.45. The SMILES string of the molecule is C=C/C(=C\N(C)C)c1cccc(-c2ccc(C(/C=N\C)=C/C(=C)C)c(N[C@H]3C[C@@H](CS(C)(=O)=O)C3)n2)c1. The molecule has 0 amide bonds. The quantitative estimate of drug-likeness (QED) is 0.304. The molecule has 7 heteroatoms. The van der Waals surface area contributed by atoms with Crippen molar-refractivity contribution in [2.45, 2.75) is 25.8 Å². The summed E-state index contributed by atoms with van der Waals surface area (Å²) in [6, 6.07) is 12.5. The second kappa shape index (κ2) is 12.2. The van der Waals surface area contributed by atoms with Crippen LogP contribution >= 0.6 is 0 Å². The van der Waals surface area contributed by atoms with Crippen molar-refractivity contribution in [1.82, 2.24) is 9.88 Å². The number of pyridine rings is 1. The number of sulfone groups is 1. The third-order valence-corrected chi connectivity index (χ3v) is 7.18. The Balaban J connectivity index is 2.01. The molecule has 1 aliphatic rings. The molecule has 1 aromatic heterocycles. The zero-order chi connectivity index (χ0) is 27.2. The second-order valence-corrected chi connectivity index (χ2v) is 12.2. The maximum absolute atomic E-state index is 11.7. The van der Waals surface area contributed by atoms with E-state index < -0.39 is 9.84 Å². The van der Waals surface area contributed by atoms with Crippen LogP contribution in [-0.2, 0) is 9.84 Å². The minimum Gasteiger partial charge on any atom is -0.383 e. The molecule has 1 aliphatic carbocycles. The Bertz CT molecular complexity index is 1350. The van der Waals surface area contributed by atoms with Crippen molar-refractivity contribution in [1.29, 1.82) is 0 Å². The lowest BCUT2D eigenvalue weighted by Gasteiger charge is -2.36. The van der Waals surface area contributed by atoms with E-state index in [2.05, 4.69) is 47.7 Å². The molecule has 0 spiro atoms. The van der Waals surface area contributed by atoms with Gasteiger partial charge >= 0.3 is 0 Å². The molecule has 1 aromatic carbocycles. The van der Waals surface area contributed by atoms with Crippen molar-refractivity contribution in [3.05, 3.63) is 84.6 Å². The van der Waals surface area contributed by atoms with E-state index in [0.29, 0.717) is 0 Å². The third-order valence-electron chi connectivity index (χ3n) is 6.10. The van der Waals surface area contributed by atoms with Crippen LogP contribution in [0.2, 0.25) is 0 Å². The molecule has 2 aromatic rings. The molecule has 1 saturated carbocycles. The van der Waals surface area contributed by atoms with Gasteiger partial charge in [-0.2, -0.15) is 0 Å². The van der Waals surface area contributed by atoms with Gasteiger partial charge in [0.05, 0.1) is 11.4 Å². The minimum atomic E-state index is -2.98. The van der Waals surface area contributed by atoms with Gasteiger partial charge in [0.25, 0.3) is 0 Å². The number of hydrogen-bond donors (Lipinski definition) is 1. The Labute approximate surface area is 222 Å². The van der Waals surface area contributed by atoms with Crippen LogP contribution in [0.15, 0.2) is 78.5 Å². The minimum absolute atomic E-state index is 0.166. The summed E-state index contributed by atoms with van der Waals surface area (Å²) in [5.41, 5.74) is 6.69. The van der Waals surface area contributed by atoms with Crippen LogP contribution in [0.4, 0.5) is 5.82 Å². The van der Waals surface area contributed by atoms with Crippen LogP contribution in [-0.4, -0.2) is 63.7 Å². The van der Waals surface area contributed by atoms with Crippen LogP contribution in [0.5, 0.6) is 0 Å². The van der Waals surface area contributed by atoms with Gasteiger partial charge in [-0.15, -0.1) is 0 Å². The van der Waals surface area contributed by atoms with Crippen molar-refractivity contribution in [3.63, 3.8) is 0 Å². The van der Waals surface area contributed by atoms with Crippen molar-refractivity contribution in [2.24, 2.45) is 10.9 Å². The maximum atomic E-state index is 11.7. The summed E-state index contributed by atoms with van der Waals surface area (Å²) < 4.78 is 23.4.